The normalized spacial score (nSPS) is 17.6. The number of benzene rings is 2. The molecule has 0 bridgehead atoms. The molecule has 3 N–H and O–H groups in total. The highest BCUT2D eigenvalue weighted by Crippen LogP contribution is 2.28. The van der Waals surface area contributed by atoms with E-state index in [1.54, 1.807) is 35.4 Å². The zero-order chi connectivity index (χ0) is 26.0. The highest BCUT2D eigenvalue weighted by atomic mass is 35.5. The molecular weight excluding hydrogens is 485 g/mol. The molecule has 3 amide bonds. The van der Waals surface area contributed by atoms with E-state index in [0.717, 1.165) is 11.9 Å². The van der Waals surface area contributed by atoms with E-state index >= 15 is 0 Å². The summed E-state index contributed by atoms with van der Waals surface area (Å²) in [4.78, 5) is 42.2. The molecule has 190 valence electrons. The number of hydrogen-bond donors (Lipinski definition) is 2. The number of primary amides is 1. The van der Waals surface area contributed by atoms with Crippen LogP contribution in [0.15, 0.2) is 48.7 Å². The van der Waals surface area contributed by atoms with Gasteiger partial charge in [0.25, 0.3) is 0 Å². The first-order chi connectivity index (χ1) is 17.2. The predicted molar refractivity (Wildman–Crippen MR) is 136 cm³/mol. The fraction of sp³-hybridized carbons (Fsp3) is 0.346. The zero-order valence-corrected chi connectivity index (χ0v) is 21.0. The summed E-state index contributed by atoms with van der Waals surface area (Å²) in [6.45, 7) is 1.11. The van der Waals surface area contributed by atoms with E-state index in [4.69, 9.17) is 17.3 Å². The summed E-state index contributed by atoms with van der Waals surface area (Å²) in [5, 5.41) is 3.51. The minimum atomic E-state index is -0.686. The number of carbonyl (C=O) groups excluding carboxylic acids is 3. The van der Waals surface area contributed by atoms with E-state index in [9.17, 15) is 18.8 Å². The van der Waals surface area contributed by atoms with Crippen LogP contribution in [-0.4, -0.2) is 65.4 Å². The number of hydrogen-bond acceptors (Lipinski definition) is 4. The summed E-state index contributed by atoms with van der Waals surface area (Å²) in [5.74, 6) is -1.04. The van der Waals surface area contributed by atoms with Crippen LogP contribution in [-0.2, 0) is 22.6 Å². The van der Waals surface area contributed by atoms with Crippen molar-refractivity contribution in [2.24, 2.45) is 11.7 Å². The lowest BCUT2D eigenvalue weighted by Crippen LogP contribution is -2.46. The lowest BCUT2D eigenvalue weighted by atomic mass is 10.0. The third-order valence-electron chi connectivity index (χ3n) is 6.49. The SMILES string of the molecule is CN(C)C[C@H]1C[C@@H](C(=O)NCc2cccc(Cl)c2F)N(C(=O)Cc2cn(C(N)=O)c3ccccc23)C1. The Kier molecular flexibility index (Phi) is 7.61. The summed E-state index contributed by atoms with van der Waals surface area (Å²) >= 11 is 5.85. The number of para-hydroxylation sites is 1. The van der Waals surface area contributed by atoms with E-state index < -0.39 is 17.9 Å². The monoisotopic (exact) mass is 513 g/mol. The Morgan fingerprint density at radius 2 is 1.89 bits per heavy atom. The zero-order valence-electron chi connectivity index (χ0n) is 20.2. The van der Waals surface area contributed by atoms with Gasteiger partial charge in [0.15, 0.2) is 0 Å². The molecule has 2 heterocycles. The third-order valence-corrected chi connectivity index (χ3v) is 6.78. The average Bonchev–Trinajstić information content (AvgIpc) is 3.41. The second kappa shape index (κ2) is 10.7. The highest BCUT2D eigenvalue weighted by molar-refractivity contribution is 6.30. The van der Waals surface area contributed by atoms with Crippen molar-refractivity contribution in [2.75, 3.05) is 27.2 Å². The number of carbonyl (C=O) groups is 3. The minimum Gasteiger partial charge on any atom is -0.351 e. The van der Waals surface area contributed by atoms with Crippen LogP contribution >= 0.6 is 11.6 Å². The summed E-state index contributed by atoms with van der Waals surface area (Å²) in [7, 11) is 3.89. The molecule has 1 aliphatic heterocycles. The average molecular weight is 514 g/mol. The third kappa shape index (κ3) is 5.37. The maximum atomic E-state index is 14.3. The number of nitrogens with zero attached hydrogens (tertiary/aromatic N) is 3. The number of aromatic nitrogens is 1. The number of rotatable bonds is 7. The number of likely N-dealkylation sites (tertiary alicyclic amines) is 1. The van der Waals surface area contributed by atoms with Gasteiger partial charge in [0, 0.05) is 36.8 Å². The number of halogens is 2. The summed E-state index contributed by atoms with van der Waals surface area (Å²) < 4.78 is 15.6. The standard InChI is InChI=1S/C26H29ClFN5O3/c1-31(2)13-16-10-22(25(35)30-12-17-6-5-8-20(27)24(17)28)32(14-16)23(34)11-18-15-33(26(29)36)21-9-4-3-7-19(18)21/h3-9,15-16,22H,10-14H2,1-2H3,(H2,29,36)(H,30,35)/t16-,22+/m1/s1. The van der Waals surface area contributed by atoms with Crippen LogP contribution in [0.1, 0.15) is 17.5 Å². The molecule has 3 aromatic rings. The van der Waals surface area contributed by atoms with Gasteiger partial charge in [-0.25, -0.2) is 9.18 Å². The number of nitrogens with two attached hydrogens (primary N) is 1. The first-order valence-electron chi connectivity index (χ1n) is 11.7. The van der Waals surface area contributed by atoms with E-state index in [0.29, 0.717) is 24.0 Å². The molecule has 4 rings (SSSR count). The second-order valence-corrected chi connectivity index (χ2v) is 9.82. The van der Waals surface area contributed by atoms with Crippen LogP contribution in [0.5, 0.6) is 0 Å². The lowest BCUT2D eigenvalue weighted by Gasteiger charge is -2.24. The summed E-state index contributed by atoms with van der Waals surface area (Å²) in [6.07, 6.45) is 2.09. The molecule has 1 saturated heterocycles. The molecular formula is C26H29ClFN5O3. The Hall–Kier alpha value is -3.43. The highest BCUT2D eigenvalue weighted by Gasteiger charge is 2.39. The van der Waals surface area contributed by atoms with E-state index in [-0.39, 0.29) is 41.3 Å². The molecule has 36 heavy (non-hydrogen) atoms. The molecule has 0 radical (unpaired) electrons. The number of fused-ring (bicyclic) bond motifs is 1. The van der Waals surface area contributed by atoms with Gasteiger partial charge in [0.1, 0.15) is 11.9 Å². The Balaban J connectivity index is 1.54. The molecule has 1 aliphatic rings. The van der Waals surface area contributed by atoms with Crippen LogP contribution in [0, 0.1) is 11.7 Å². The Labute approximate surface area is 213 Å². The van der Waals surface area contributed by atoms with Crippen molar-refractivity contribution in [3.8, 4) is 0 Å². The first kappa shape index (κ1) is 25.7. The summed E-state index contributed by atoms with van der Waals surface area (Å²) in [6, 6.07) is 10.5. The van der Waals surface area contributed by atoms with Crippen molar-refractivity contribution < 1.29 is 18.8 Å². The van der Waals surface area contributed by atoms with Crippen molar-refractivity contribution in [1.82, 2.24) is 19.7 Å². The maximum absolute atomic E-state index is 14.3. The van der Waals surface area contributed by atoms with Gasteiger partial charge in [-0.15, -0.1) is 0 Å². The molecule has 8 nitrogen and oxygen atoms in total. The van der Waals surface area contributed by atoms with Crippen molar-refractivity contribution in [3.05, 3.63) is 70.6 Å². The molecule has 1 aromatic heterocycles. The van der Waals surface area contributed by atoms with Crippen LogP contribution in [0.2, 0.25) is 5.02 Å². The van der Waals surface area contributed by atoms with E-state index in [2.05, 4.69) is 5.32 Å². The van der Waals surface area contributed by atoms with Gasteiger partial charge in [-0.05, 0) is 44.1 Å². The van der Waals surface area contributed by atoms with Crippen LogP contribution in [0.25, 0.3) is 10.9 Å². The fourth-order valence-electron chi connectivity index (χ4n) is 4.92. The molecule has 1 fully saturated rings. The number of amides is 3. The largest absolute Gasteiger partial charge is 0.351 e. The van der Waals surface area contributed by atoms with E-state index in [1.807, 2.05) is 31.1 Å². The Morgan fingerprint density at radius 3 is 2.61 bits per heavy atom. The van der Waals surface area contributed by atoms with Gasteiger partial charge in [-0.3, -0.25) is 14.2 Å². The smallest absolute Gasteiger partial charge is 0.323 e. The summed E-state index contributed by atoms with van der Waals surface area (Å²) in [5.41, 5.74) is 7.06. The Morgan fingerprint density at radius 1 is 1.14 bits per heavy atom. The van der Waals surface area contributed by atoms with Gasteiger partial charge in [0.05, 0.1) is 17.0 Å². The molecule has 10 heteroatoms. The van der Waals surface area contributed by atoms with Crippen molar-refractivity contribution in [1.29, 1.82) is 0 Å². The van der Waals surface area contributed by atoms with Crippen LogP contribution < -0.4 is 11.1 Å². The molecule has 0 saturated carbocycles. The molecule has 0 unspecified atom stereocenters. The van der Waals surface area contributed by atoms with Crippen molar-refractivity contribution in [2.45, 2.75) is 25.4 Å². The molecule has 0 spiro atoms. The maximum Gasteiger partial charge on any atom is 0.323 e. The predicted octanol–water partition coefficient (Wildman–Crippen LogP) is 3.00. The van der Waals surface area contributed by atoms with Crippen LogP contribution in [0.4, 0.5) is 9.18 Å². The fourth-order valence-corrected chi connectivity index (χ4v) is 5.11. The van der Waals surface area contributed by atoms with Gasteiger partial charge in [-0.2, -0.15) is 0 Å². The quantitative estimate of drug-likeness (QED) is 0.507. The minimum absolute atomic E-state index is 0.0133. The van der Waals surface area contributed by atoms with Crippen molar-refractivity contribution >= 4 is 40.3 Å². The van der Waals surface area contributed by atoms with Gasteiger partial charge < -0.3 is 20.9 Å². The van der Waals surface area contributed by atoms with E-state index in [1.165, 1.54) is 10.6 Å². The molecule has 2 atom stereocenters. The second-order valence-electron chi connectivity index (χ2n) is 9.41. The lowest BCUT2D eigenvalue weighted by molar-refractivity contribution is -0.138. The molecule has 0 aliphatic carbocycles. The Bertz CT molecular complexity index is 1310. The number of nitrogens with one attached hydrogen (secondary N) is 1. The van der Waals surface area contributed by atoms with Gasteiger partial charge in [0.2, 0.25) is 11.8 Å². The van der Waals surface area contributed by atoms with Crippen LogP contribution in [0.3, 0.4) is 0 Å². The van der Waals surface area contributed by atoms with Gasteiger partial charge in [-0.1, -0.05) is 41.9 Å². The van der Waals surface area contributed by atoms with Gasteiger partial charge >= 0.3 is 6.03 Å². The molecule has 2 aromatic carbocycles. The first-order valence-corrected chi connectivity index (χ1v) is 12.1. The topological polar surface area (TPSA) is 101 Å². The van der Waals surface area contributed by atoms with Crippen molar-refractivity contribution in [3.63, 3.8) is 0 Å².